The molecule has 0 saturated heterocycles. The van der Waals surface area contributed by atoms with Gasteiger partial charge < -0.3 is 11.1 Å². The minimum absolute atomic E-state index is 0.0520. The number of nitrogens with one attached hydrogen (secondary N) is 1. The van der Waals surface area contributed by atoms with Crippen LogP contribution in [-0.4, -0.2) is 13.1 Å². The number of hydrogen-bond donors (Lipinski definition) is 2. The highest BCUT2D eigenvalue weighted by Crippen LogP contribution is 2.49. The lowest BCUT2D eigenvalue weighted by atomic mass is 9.97. The first kappa shape index (κ1) is 14.6. The average molecular weight is 313 g/mol. The van der Waals surface area contributed by atoms with E-state index in [-0.39, 0.29) is 6.04 Å². The summed E-state index contributed by atoms with van der Waals surface area (Å²) in [4.78, 5) is 0. The summed E-state index contributed by atoms with van der Waals surface area (Å²) in [6.07, 6.45) is 5.62. The third kappa shape index (κ3) is 3.30. The van der Waals surface area contributed by atoms with E-state index < -0.39 is 0 Å². The maximum atomic E-state index is 6.29. The molecule has 2 nitrogen and oxygen atoms in total. The minimum Gasteiger partial charge on any atom is -0.329 e. The van der Waals surface area contributed by atoms with Crippen molar-refractivity contribution in [2.45, 2.75) is 31.7 Å². The number of halogens is 2. The van der Waals surface area contributed by atoms with Gasteiger partial charge in [-0.3, -0.25) is 0 Å². The molecule has 0 amide bonds. The Morgan fingerprint density at radius 1 is 1.10 bits per heavy atom. The Labute approximate surface area is 131 Å². The van der Waals surface area contributed by atoms with Gasteiger partial charge in [0.15, 0.2) is 0 Å². The zero-order valence-electron chi connectivity index (χ0n) is 11.6. The van der Waals surface area contributed by atoms with Gasteiger partial charge >= 0.3 is 0 Å². The van der Waals surface area contributed by atoms with Crippen molar-refractivity contribution in [1.82, 2.24) is 5.32 Å². The third-order valence-electron chi connectivity index (χ3n) is 4.64. The fourth-order valence-electron chi connectivity index (χ4n) is 3.19. The summed E-state index contributed by atoms with van der Waals surface area (Å²) >= 11 is 12.6. The Bertz CT molecular complexity index is 437. The number of nitrogens with two attached hydrogens (primary N) is 1. The van der Waals surface area contributed by atoms with Crippen LogP contribution in [0, 0.1) is 17.8 Å². The molecule has 2 aliphatic rings. The van der Waals surface area contributed by atoms with Crippen LogP contribution in [0.4, 0.5) is 0 Å². The first-order valence-corrected chi connectivity index (χ1v) is 8.33. The van der Waals surface area contributed by atoms with Gasteiger partial charge in [-0.15, -0.1) is 0 Å². The van der Waals surface area contributed by atoms with Crippen LogP contribution < -0.4 is 11.1 Å². The highest BCUT2D eigenvalue weighted by atomic mass is 35.5. The summed E-state index contributed by atoms with van der Waals surface area (Å²) in [5, 5.41) is 5.02. The van der Waals surface area contributed by atoms with E-state index in [2.05, 4.69) is 5.32 Å². The van der Waals surface area contributed by atoms with E-state index in [0.29, 0.717) is 16.6 Å². The van der Waals surface area contributed by atoms with Gasteiger partial charge in [0.1, 0.15) is 0 Å². The molecule has 2 aliphatic carbocycles. The predicted molar refractivity (Wildman–Crippen MR) is 85.2 cm³/mol. The summed E-state index contributed by atoms with van der Waals surface area (Å²) in [6.45, 7) is 1.56. The molecule has 0 bridgehead atoms. The average Bonchev–Trinajstić information content (AvgIpc) is 3.29. The molecule has 0 radical (unpaired) electrons. The van der Waals surface area contributed by atoms with E-state index in [9.17, 15) is 0 Å². The molecule has 2 fully saturated rings. The fourth-order valence-corrected chi connectivity index (χ4v) is 3.85. The topological polar surface area (TPSA) is 38.0 Å². The normalized spacial score (nSPS) is 20.4. The molecule has 3 rings (SSSR count). The maximum Gasteiger partial charge on any atom is 0.0474 e. The summed E-state index contributed by atoms with van der Waals surface area (Å²) in [6, 6.07) is 5.69. The van der Waals surface area contributed by atoms with Gasteiger partial charge in [0.25, 0.3) is 0 Å². The summed E-state index contributed by atoms with van der Waals surface area (Å²) in [5.74, 6) is 2.70. The summed E-state index contributed by atoms with van der Waals surface area (Å²) < 4.78 is 0. The Balaban J connectivity index is 1.67. The van der Waals surface area contributed by atoms with E-state index in [1.807, 2.05) is 18.2 Å². The molecule has 0 aliphatic heterocycles. The Morgan fingerprint density at radius 2 is 1.65 bits per heavy atom. The lowest BCUT2D eigenvalue weighted by Crippen LogP contribution is -2.34. The van der Waals surface area contributed by atoms with Gasteiger partial charge in [0.2, 0.25) is 0 Å². The predicted octanol–water partition coefficient (Wildman–Crippen LogP) is 4.02. The molecule has 20 heavy (non-hydrogen) atoms. The summed E-state index contributed by atoms with van der Waals surface area (Å²) in [7, 11) is 0. The van der Waals surface area contributed by atoms with Crippen LogP contribution in [0.15, 0.2) is 18.2 Å². The van der Waals surface area contributed by atoms with Crippen LogP contribution in [0.25, 0.3) is 0 Å². The van der Waals surface area contributed by atoms with Crippen molar-refractivity contribution in [2.24, 2.45) is 23.5 Å². The lowest BCUT2D eigenvalue weighted by Gasteiger charge is -2.24. The van der Waals surface area contributed by atoms with Crippen LogP contribution >= 0.6 is 23.2 Å². The largest absolute Gasteiger partial charge is 0.329 e. The molecule has 1 aromatic carbocycles. The van der Waals surface area contributed by atoms with Gasteiger partial charge in [-0.05, 0) is 62.1 Å². The van der Waals surface area contributed by atoms with Crippen molar-refractivity contribution in [2.75, 3.05) is 13.1 Å². The highest BCUT2D eigenvalue weighted by molar-refractivity contribution is 6.36. The van der Waals surface area contributed by atoms with Gasteiger partial charge in [0, 0.05) is 28.2 Å². The molecule has 0 spiro atoms. The quantitative estimate of drug-likeness (QED) is 0.798. The van der Waals surface area contributed by atoms with Gasteiger partial charge in [-0.1, -0.05) is 29.3 Å². The monoisotopic (exact) mass is 312 g/mol. The van der Waals surface area contributed by atoms with Crippen LogP contribution in [0.2, 0.25) is 10.0 Å². The molecular formula is C16H22Cl2N2. The Kier molecular flexibility index (Phi) is 4.56. The molecule has 0 heterocycles. The van der Waals surface area contributed by atoms with Crippen molar-refractivity contribution >= 4 is 23.2 Å². The lowest BCUT2D eigenvalue weighted by molar-refractivity contribution is 0.357. The SMILES string of the molecule is NCC(NCC(C1CC1)C1CC1)c1c(Cl)cccc1Cl. The molecule has 4 heteroatoms. The standard InChI is InChI=1S/C16H22Cl2N2/c17-13-2-1-3-14(18)16(13)15(8-19)20-9-12(10-4-5-10)11-6-7-11/h1-3,10-12,15,20H,4-9,19H2. The first-order chi connectivity index (χ1) is 9.70. The number of rotatable bonds is 7. The van der Waals surface area contributed by atoms with E-state index >= 15 is 0 Å². The van der Waals surface area contributed by atoms with E-state index in [4.69, 9.17) is 28.9 Å². The zero-order chi connectivity index (χ0) is 14.1. The molecule has 3 N–H and O–H groups in total. The molecular weight excluding hydrogens is 291 g/mol. The molecule has 110 valence electrons. The van der Waals surface area contributed by atoms with E-state index in [0.717, 1.165) is 29.9 Å². The summed E-state index contributed by atoms with van der Waals surface area (Å²) in [5.41, 5.74) is 6.88. The van der Waals surface area contributed by atoms with Gasteiger partial charge in [-0.25, -0.2) is 0 Å². The smallest absolute Gasteiger partial charge is 0.0474 e. The van der Waals surface area contributed by atoms with Crippen molar-refractivity contribution in [1.29, 1.82) is 0 Å². The number of hydrogen-bond acceptors (Lipinski definition) is 2. The molecule has 2 saturated carbocycles. The Hall–Kier alpha value is -0.280. The second kappa shape index (κ2) is 6.23. The molecule has 1 atom stereocenters. The Morgan fingerprint density at radius 3 is 2.10 bits per heavy atom. The maximum absolute atomic E-state index is 6.29. The second-order valence-corrected chi connectivity index (χ2v) is 6.98. The van der Waals surface area contributed by atoms with E-state index in [1.54, 1.807) is 0 Å². The van der Waals surface area contributed by atoms with Crippen molar-refractivity contribution < 1.29 is 0 Å². The van der Waals surface area contributed by atoms with E-state index in [1.165, 1.54) is 25.7 Å². The van der Waals surface area contributed by atoms with Crippen molar-refractivity contribution in [3.8, 4) is 0 Å². The van der Waals surface area contributed by atoms with Gasteiger partial charge in [0.05, 0.1) is 0 Å². The van der Waals surface area contributed by atoms with Crippen molar-refractivity contribution in [3.05, 3.63) is 33.8 Å². The second-order valence-electron chi connectivity index (χ2n) is 6.17. The number of benzene rings is 1. The third-order valence-corrected chi connectivity index (χ3v) is 5.30. The molecule has 0 aromatic heterocycles. The highest BCUT2D eigenvalue weighted by Gasteiger charge is 2.41. The van der Waals surface area contributed by atoms with Crippen LogP contribution in [0.3, 0.4) is 0 Å². The first-order valence-electron chi connectivity index (χ1n) is 7.58. The van der Waals surface area contributed by atoms with Gasteiger partial charge in [-0.2, -0.15) is 0 Å². The van der Waals surface area contributed by atoms with Crippen LogP contribution in [0.5, 0.6) is 0 Å². The minimum atomic E-state index is 0.0520. The van der Waals surface area contributed by atoms with Crippen LogP contribution in [-0.2, 0) is 0 Å². The molecule has 1 aromatic rings. The van der Waals surface area contributed by atoms with Crippen LogP contribution in [0.1, 0.15) is 37.3 Å². The van der Waals surface area contributed by atoms with Crippen molar-refractivity contribution in [3.63, 3.8) is 0 Å². The zero-order valence-corrected chi connectivity index (χ0v) is 13.1. The fraction of sp³-hybridized carbons (Fsp3) is 0.625. The molecule has 1 unspecified atom stereocenters.